The van der Waals surface area contributed by atoms with Gasteiger partial charge in [0.1, 0.15) is 0 Å². The maximum absolute atomic E-state index is 11.6. The fraction of sp³-hybridized carbons (Fsp3) is 0.958. The van der Waals surface area contributed by atoms with Crippen molar-refractivity contribution >= 4 is 16.4 Å². The molecule has 0 aromatic carbocycles. The maximum Gasteiger partial charge on any atom is 0.397 e. The summed E-state index contributed by atoms with van der Waals surface area (Å²) in [6.07, 6.45) is -6.15. The van der Waals surface area contributed by atoms with Crippen LogP contribution in [0.4, 0.5) is 0 Å². The first-order valence-corrected chi connectivity index (χ1v) is 13.2. The van der Waals surface area contributed by atoms with E-state index in [1.807, 2.05) is 6.92 Å². The van der Waals surface area contributed by atoms with Crippen LogP contribution in [-0.4, -0.2) is 41.3 Å². The molecule has 10 atom stereocenters. The van der Waals surface area contributed by atoms with Crippen molar-refractivity contribution in [3.63, 3.8) is 0 Å². The van der Waals surface area contributed by atoms with Gasteiger partial charge in [-0.05, 0) is 104 Å². The summed E-state index contributed by atoms with van der Waals surface area (Å²) in [6.45, 7) is 5.94. The molecule has 0 spiro atoms. The number of rotatable bonds is 6. The quantitative estimate of drug-likeness (QED) is 0.488. The number of aliphatic carboxylic acids is 1. The second-order valence-electron chi connectivity index (χ2n) is 11.1. The Bertz CT molecular complexity index is 1040. The van der Waals surface area contributed by atoms with Gasteiger partial charge in [-0.15, -0.1) is 0 Å². The molecular formula is C24H40O7S. The number of hydrogen-bond donors (Lipinski definition) is 3. The molecule has 0 radical (unpaired) electrons. The van der Waals surface area contributed by atoms with Crippen molar-refractivity contribution in [3.8, 4) is 0 Å². The Balaban J connectivity index is 1.68. The van der Waals surface area contributed by atoms with Gasteiger partial charge >= 0.3 is 16.4 Å². The number of carbonyl (C=O) groups is 1. The second kappa shape index (κ2) is 8.51. The van der Waals surface area contributed by atoms with Gasteiger partial charge in [-0.1, -0.05) is 20.8 Å². The smallest absolute Gasteiger partial charge is 0.397 e. The molecule has 32 heavy (non-hydrogen) atoms. The van der Waals surface area contributed by atoms with Gasteiger partial charge in [0.25, 0.3) is 0 Å². The Morgan fingerprint density at radius 3 is 2.62 bits per heavy atom. The van der Waals surface area contributed by atoms with E-state index in [4.69, 9.17) is 12.0 Å². The lowest BCUT2D eigenvalue weighted by Crippen LogP contribution is -2.59. The molecule has 7 nitrogen and oxygen atoms in total. The predicted octanol–water partition coefficient (Wildman–Crippen LogP) is 4.31. The lowest BCUT2D eigenvalue weighted by atomic mass is 9.43. The average molecular weight is 478 g/mol. The van der Waals surface area contributed by atoms with Gasteiger partial charge in [0.2, 0.25) is 0 Å². The molecule has 4 fully saturated rings. The topological polar surface area (TPSA) is 121 Å². The van der Waals surface area contributed by atoms with Crippen LogP contribution in [0.5, 0.6) is 0 Å². The van der Waals surface area contributed by atoms with Crippen molar-refractivity contribution in [1.82, 2.24) is 0 Å². The van der Waals surface area contributed by atoms with E-state index in [1.165, 1.54) is 0 Å². The number of carboxylic acids is 1. The average Bonchev–Trinajstić information content (AvgIpc) is 3.09. The minimum absolute atomic E-state index is 0.0744. The minimum Gasteiger partial charge on any atom is -0.481 e. The molecule has 0 heterocycles. The predicted molar refractivity (Wildman–Crippen MR) is 119 cm³/mol. The monoisotopic (exact) mass is 477 g/mol. The summed E-state index contributed by atoms with van der Waals surface area (Å²) in [6, 6.07) is 0. The van der Waals surface area contributed by atoms with E-state index in [9.17, 15) is 22.9 Å². The summed E-state index contributed by atoms with van der Waals surface area (Å²) < 4.78 is 80.2. The Kier molecular flexibility index (Phi) is 4.95. The molecule has 4 rings (SSSR count). The zero-order chi connectivity index (χ0) is 28.0. The van der Waals surface area contributed by atoms with E-state index in [2.05, 4.69) is 11.1 Å². The van der Waals surface area contributed by atoms with Crippen LogP contribution < -0.4 is 0 Å². The Labute approximate surface area is 199 Å². The van der Waals surface area contributed by atoms with Crippen LogP contribution in [0.3, 0.4) is 0 Å². The van der Waals surface area contributed by atoms with E-state index in [0.29, 0.717) is 25.7 Å². The van der Waals surface area contributed by atoms with Crippen molar-refractivity contribution in [2.45, 2.75) is 97.1 Å². The molecule has 4 saturated carbocycles. The molecule has 0 saturated heterocycles. The van der Waals surface area contributed by atoms with Crippen molar-refractivity contribution in [2.24, 2.45) is 46.3 Å². The van der Waals surface area contributed by atoms with E-state index >= 15 is 0 Å². The lowest BCUT2D eigenvalue weighted by molar-refractivity contribution is -0.174. The number of hydrogen-bond acceptors (Lipinski definition) is 5. The third-order valence-corrected chi connectivity index (χ3v) is 10.0. The van der Waals surface area contributed by atoms with Gasteiger partial charge in [0.15, 0.2) is 0 Å². The fourth-order valence-electron chi connectivity index (χ4n) is 8.06. The van der Waals surface area contributed by atoms with Crippen LogP contribution in [0, 0.1) is 46.3 Å². The molecule has 0 bridgehead atoms. The number of carboxylic acid groups (broad SMARTS) is 1. The summed E-state index contributed by atoms with van der Waals surface area (Å²) in [5.74, 6) is -1.52. The summed E-state index contributed by atoms with van der Waals surface area (Å²) >= 11 is 0. The summed E-state index contributed by atoms with van der Waals surface area (Å²) in [7, 11) is -5.30. The number of aliphatic hydroxyl groups is 1. The van der Waals surface area contributed by atoms with Crippen molar-refractivity contribution in [2.75, 3.05) is 0 Å². The lowest BCUT2D eigenvalue weighted by Gasteiger charge is -2.62. The van der Waals surface area contributed by atoms with Crippen LogP contribution in [0.2, 0.25) is 0 Å². The van der Waals surface area contributed by atoms with Crippen LogP contribution in [-0.2, 0) is 19.4 Å². The van der Waals surface area contributed by atoms with E-state index in [-0.39, 0.29) is 42.4 Å². The number of fused-ring (bicyclic) bond motifs is 5. The maximum atomic E-state index is 11.6. The van der Waals surface area contributed by atoms with E-state index in [0.717, 1.165) is 12.8 Å². The van der Waals surface area contributed by atoms with Crippen LogP contribution in [0.25, 0.3) is 0 Å². The minimum atomic E-state index is -5.30. The zero-order valence-corrected chi connectivity index (χ0v) is 19.9. The molecule has 4 aliphatic rings. The third-order valence-electron chi connectivity index (χ3n) is 9.67. The summed E-state index contributed by atoms with van der Waals surface area (Å²) in [5, 5.41) is 20.8. The molecule has 0 aromatic heterocycles. The van der Waals surface area contributed by atoms with Gasteiger partial charge in [-0.25, -0.2) is 4.18 Å². The standard InChI is InChI=1S/C24H40O7S/c1-14(4-9-22(26)27)18-7-8-19-17-6-5-15-12-16(31-32(28,29)30)10-11-23(15,2)20(17)13-21(25)24(18,19)3/h14-21,25H,4-13H2,1-3H3,(H,26,27)(H,28,29,30)/t14-,15-,16-,17+,18-,19+,20+,21+,23+,24-/m1/s1/i10D2,12D2,16D. The molecule has 0 amide bonds. The van der Waals surface area contributed by atoms with Gasteiger partial charge in [0, 0.05) is 11.9 Å². The molecule has 4 aliphatic carbocycles. The van der Waals surface area contributed by atoms with Crippen molar-refractivity contribution in [3.05, 3.63) is 0 Å². The highest BCUT2D eigenvalue weighted by Crippen LogP contribution is 2.68. The molecule has 184 valence electrons. The highest BCUT2D eigenvalue weighted by molar-refractivity contribution is 7.80. The first-order chi connectivity index (χ1) is 16.7. The highest BCUT2D eigenvalue weighted by atomic mass is 32.3. The molecule has 0 unspecified atom stereocenters. The van der Waals surface area contributed by atoms with Gasteiger partial charge in [-0.2, -0.15) is 8.42 Å². The van der Waals surface area contributed by atoms with Crippen LogP contribution in [0.15, 0.2) is 0 Å². The summed E-state index contributed by atoms with van der Waals surface area (Å²) in [5.41, 5.74) is -1.40. The van der Waals surface area contributed by atoms with Crippen LogP contribution >= 0.6 is 0 Å². The largest absolute Gasteiger partial charge is 0.481 e. The highest BCUT2D eigenvalue weighted by Gasteiger charge is 2.63. The Hall–Kier alpha value is -0.700. The summed E-state index contributed by atoms with van der Waals surface area (Å²) in [4.78, 5) is 11.1. The zero-order valence-electron chi connectivity index (χ0n) is 24.1. The second-order valence-corrected chi connectivity index (χ2v) is 12.1. The molecule has 8 heteroatoms. The molecule has 0 aromatic rings. The first-order valence-electron chi connectivity index (χ1n) is 14.3. The third kappa shape index (κ3) is 4.14. The Morgan fingerprint density at radius 1 is 1.25 bits per heavy atom. The van der Waals surface area contributed by atoms with E-state index in [1.54, 1.807) is 6.92 Å². The molecule has 3 N–H and O–H groups in total. The van der Waals surface area contributed by atoms with E-state index < -0.39 is 58.0 Å². The molecule has 0 aliphatic heterocycles. The van der Waals surface area contributed by atoms with Crippen molar-refractivity contribution in [1.29, 1.82) is 0 Å². The molecular weight excluding hydrogens is 432 g/mol. The van der Waals surface area contributed by atoms with Crippen LogP contribution in [0.1, 0.15) is 91.7 Å². The normalized spacial score (nSPS) is 55.0. The fourth-order valence-corrected chi connectivity index (χ4v) is 8.38. The van der Waals surface area contributed by atoms with Gasteiger partial charge in [-0.3, -0.25) is 9.35 Å². The number of aliphatic hydroxyl groups excluding tert-OH is 1. The van der Waals surface area contributed by atoms with Gasteiger partial charge < -0.3 is 10.2 Å². The Morgan fingerprint density at radius 2 is 1.97 bits per heavy atom. The van der Waals surface area contributed by atoms with Gasteiger partial charge in [0.05, 0.1) is 13.6 Å². The first kappa shape index (κ1) is 18.6. The SMILES string of the molecule is [2H]C1([2H])C[C@@]2(C)[C@H](CC[C@@H]3[C@@H]2C[C@H](O)[C@]2(C)[C@@H]([C@H](C)CCC(=O)O)CC[C@@H]32)C([2H])([2H])[C@]1([2H])OS(=O)(=O)O. The van der Waals surface area contributed by atoms with Crippen molar-refractivity contribution < 1.29 is 39.0 Å².